The zero-order valence-corrected chi connectivity index (χ0v) is 12.5. The Morgan fingerprint density at radius 3 is 2.85 bits per heavy atom. The first kappa shape index (κ1) is 14.7. The highest BCUT2D eigenvalue weighted by Gasteiger charge is 2.17. The summed E-state index contributed by atoms with van der Waals surface area (Å²) in [7, 11) is 0. The molecule has 4 nitrogen and oxygen atoms in total. The first-order valence-electron chi connectivity index (χ1n) is 6.47. The van der Waals surface area contributed by atoms with Crippen LogP contribution >= 0.6 is 11.8 Å². The Labute approximate surface area is 123 Å². The van der Waals surface area contributed by atoms with Gasteiger partial charge < -0.3 is 9.30 Å². The fraction of sp³-hybridized carbons (Fsp3) is 0.333. The molecule has 0 saturated heterocycles. The van der Waals surface area contributed by atoms with Gasteiger partial charge in [-0.2, -0.15) is 11.8 Å². The molecule has 1 atom stereocenters. The number of hydrogen-bond donors (Lipinski definition) is 0. The number of imidazole rings is 1. The molecule has 2 aromatic rings. The lowest BCUT2D eigenvalue weighted by Gasteiger charge is -2.16. The van der Waals surface area contributed by atoms with Crippen LogP contribution in [-0.4, -0.2) is 34.1 Å². The minimum Gasteiger partial charge on any atom is -0.460 e. The fourth-order valence-corrected chi connectivity index (χ4v) is 2.21. The summed E-state index contributed by atoms with van der Waals surface area (Å²) in [6.45, 7) is 2.46. The van der Waals surface area contributed by atoms with E-state index >= 15 is 0 Å². The monoisotopic (exact) mass is 290 g/mol. The number of thioether (sulfide) groups is 1. The van der Waals surface area contributed by atoms with E-state index in [4.69, 9.17) is 4.74 Å². The third-order valence-corrected chi connectivity index (χ3v) is 3.67. The summed E-state index contributed by atoms with van der Waals surface area (Å²) in [4.78, 5) is 16.1. The Morgan fingerprint density at radius 2 is 2.15 bits per heavy atom. The van der Waals surface area contributed by atoms with Gasteiger partial charge in [-0.05, 0) is 18.7 Å². The molecule has 1 unspecified atom stereocenters. The van der Waals surface area contributed by atoms with Gasteiger partial charge in [-0.1, -0.05) is 30.3 Å². The van der Waals surface area contributed by atoms with E-state index in [0.717, 1.165) is 11.3 Å². The highest BCUT2D eigenvalue weighted by molar-refractivity contribution is 7.98. The molecule has 0 amide bonds. The van der Waals surface area contributed by atoms with E-state index in [1.54, 1.807) is 24.3 Å². The third kappa shape index (κ3) is 3.42. The third-order valence-electron chi connectivity index (χ3n) is 3.10. The molecular formula is C15H18N2O2S. The maximum Gasteiger partial charge on any atom is 0.356 e. The number of nitrogens with zero attached hydrogens (tertiary/aromatic N) is 2. The van der Waals surface area contributed by atoms with Crippen LogP contribution in [0.3, 0.4) is 0 Å². The number of ether oxygens (including phenoxy) is 1. The van der Waals surface area contributed by atoms with Crippen molar-refractivity contribution in [3.05, 3.63) is 54.1 Å². The summed E-state index contributed by atoms with van der Waals surface area (Å²) in [5, 5.41) is 0. The smallest absolute Gasteiger partial charge is 0.356 e. The van der Waals surface area contributed by atoms with Gasteiger partial charge in [0.1, 0.15) is 12.3 Å². The molecule has 2 rings (SSSR count). The lowest BCUT2D eigenvalue weighted by molar-refractivity contribution is 0.0516. The average Bonchev–Trinajstić information content (AvgIpc) is 2.97. The van der Waals surface area contributed by atoms with Crippen LogP contribution in [-0.2, 0) is 4.74 Å². The van der Waals surface area contributed by atoms with Crippen molar-refractivity contribution in [2.45, 2.75) is 13.0 Å². The van der Waals surface area contributed by atoms with Crippen molar-refractivity contribution in [1.29, 1.82) is 0 Å². The highest BCUT2D eigenvalue weighted by Crippen LogP contribution is 2.19. The van der Waals surface area contributed by atoms with Crippen LogP contribution in [0.25, 0.3) is 0 Å². The van der Waals surface area contributed by atoms with Gasteiger partial charge in [-0.3, -0.25) is 0 Å². The molecular weight excluding hydrogens is 272 g/mol. The number of benzene rings is 1. The number of carbonyl (C=O) groups is 1. The van der Waals surface area contributed by atoms with E-state index in [2.05, 4.69) is 4.98 Å². The molecule has 0 aliphatic heterocycles. The quantitative estimate of drug-likeness (QED) is 0.606. The summed E-state index contributed by atoms with van der Waals surface area (Å²) in [6, 6.07) is 10.1. The van der Waals surface area contributed by atoms with Crippen LogP contribution in [0.15, 0.2) is 42.9 Å². The topological polar surface area (TPSA) is 44.1 Å². The summed E-state index contributed by atoms with van der Waals surface area (Å²) < 4.78 is 7.08. The van der Waals surface area contributed by atoms with E-state index in [1.165, 1.54) is 0 Å². The van der Waals surface area contributed by atoms with Gasteiger partial charge in [0.05, 0.1) is 18.6 Å². The van der Waals surface area contributed by atoms with E-state index in [-0.39, 0.29) is 12.0 Å². The van der Waals surface area contributed by atoms with Gasteiger partial charge in [0.25, 0.3) is 0 Å². The van der Waals surface area contributed by atoms with Crippen molar-refractivity contribution in [2.24, 2.45) is 0 Å². The number of aromatic nitrogens is 2. The van der Waals surface area contributed by atoms with Gasteiger partial charge in [0.2, 0.25) is 0 Å². The van der Waals surface area contributed by atoms with Crippen LogP contribution < -0.4 is 0 Å². The van der Waals surface area contributed by atoms with Crippen molar-refractivity contribution in [2.75, 3.05) is 18.6 Å². The van der Waals surface area contributed by atoms with Crippen molar-refractivity contribution in [1.82, 2.24) is 9.55 Å². The maximum absolute atomic E-state index is 12.0. The van der Waals surface area contributed by atoms with Gasteiger partial charge in [0, 0.05) is 5.75 Å². The Hall–Kier alpha value is -1.75. The molecule has 0 aliphatic carbocycles. The van der Waals surface area contributed by atoms with Gasteiger partial charge in [-0.15, -0.1) is 0 Å². The van der Waals surface area contributed by atoms with Crippen LogP contribution in [0.4, 0.5) is 0 Å². The number of rotatable bonds is 6. The van der Waals surface area contributed by atoms with Crippen LogP contribution in [0.2, 0.25) is 0 Å². The maximum atomic E-state index is 12.0. The average molecular weight is 290 g/mol. The molecule has 5 heteroatoms. The Bertz CT molecular complexity index is 554. The predicted octanol–water partition coefficient (Wildman–Crippen LogP) is 3.01. The lowest BCUT2D eigenvalue weighted by atomic mass is 10.1. The summed E-state index contributed by atoms with van der Waals surface area (Å²) >= 11 is 1.65. The van der Waals surface area contributed by atoms with Gasteiger partial charge in [0.15, 0.2) is 0 Å². The van der Waals surface area contributed by atoms with Gasteiger partial charge >= 0.3 is 5.97 Å². The zero-order valence-electron chi connectivity index (χ0n) is 11.7. The number of esters is 1. The summed E-state index contributed by atoms with van der Waals surface area (Å²) in [5.41, 5.74) is 1.62. The second-order valence-corrected chi connectivity index (χ2v) is 5.39. The van der Waals surface area contributed by atoms with Crippen LogP contribution in [0, 0.1) is 0 Å². The van der Waals surface area contributed by atoms with Crippen molar-refractivity contribution < 1.29 is 9.53 Å². The van der Waals surface area contributed by atoms with Crippen LogP contribution in [0.1, 0.15) is 29.0 Å². The molecule has 106 valence electrons. The second kappa shape index (κ2) is 7.14. The molecule has 0 saturated carbocycles. The zero-order chi connectivity index (χ0) is 14.4. The highest BCUT2D eigenvalue weighted by atomic mass is 32.2. The molecule has 0 spiro atoms. The van der Waals surface area contributed by atoms with Crippen molar-refractivity contribution in [3.8, 4) is 0 Å². The lowest BCUT2D eigenvalue weighted by Crippen LogP contribution is -2.16. The van der Waals surface area contributed by atoms with E-state index < -0.39 is 0 Å². The van der Waals surface area contributed by atoms with Crippen molar-refractivity contribution in [3.63, 3.8) is 0 Å². The van der Waals surface area contributed by atoms with Crippen molar-refractivity contribution >= 4 is 17.7 Å². The molecule has 0 bridgehead atoms. The standard InChI is InChI=1S/C15H18N2O2S/c1-12(13-6-4-3-5-7-13)17-11-16-10-14(17)15(18)19-8-9-20-2/h3-7,10-12H,8-9H2,1-2H3. The minimum atomic E-state index is -0.320. The largest absolute Gasteiger partial charge is 0.460 e. The van der Waals surface area contributed by atoms with Crippen LogP contribution in [0.5, 0.6) is 0 Å². The summed E-state index contributed by atoms with van der Waals surface area (Å²) in [5.74, 6) is 0.480. The number of carbonyl (C=O) groups excluding carboxylic acids is 1. The normalized spacial score (nSPS) is 12.1. The SMILES string of the molecule is CSCCOC(=O)c1cncn1C(C)c1ccccc1. The molecule has 0 fully saturated rings. The second-order valence-electron chi connectivity index (χ2n) is 4.40. The van der Waals surface area contributed by atoms with E-state index in [0.29, 0.717) is 12.3 Å². The molecule has 20 heavy (non-hydrogen) atoms. The Kier molecular flexibility index (Phi) is 5.24. The minimum absolute atomic E-state index is 0.0433. The van der Waals surface area contributed by atoms with E-state index in [9.17, 15) is 4.79 Å². The Morgan fingerprint density at radius 1 is 1.40 bits per heavy atom. The fourth-order valence-electron chi connectivity index (χ4n) is 1.96. The molecule has 0 radical (unpaired) electrons. The molecule has 0 aliphatic rings. The predicted molar refractivity (Wildman–Crippen MR) is 81.1 cm³/mol. The molecule has 1 aromatic heterocycles. The summed E-state index contributed by atoms with van der Waals surface area (Å²) in [6.07, 6.45) is 5.21. The number of hydrogen-bond acceptors (Lipinski definition) is 4. The first-order chi connectivity index (χ1) is 9.74. The van der Waals surface area contributed by atoms with E-state index in [1.807, 2.05) is 48.1 Å². The molecule has 0 N–H and O–H groups in total. The van der Waals surface area contributed by atoms with Gasteiger partial charge in [-0.25, -0.2) is 9.78 Å². The Balaban J connectivity index is 2.14. The molecule has 1 aromatic carbocycles. The molecule has 1 heterocycles. The first-order valence-corrected chi connectivity index (χ1v) is 7.86.